The van der Waals surface area contributed by atoms with E-state index in [1.54, 1.807) is 23.1 Å². The minimum Gasteiger partial charge on any atom is -0.461 e. The number of hydrogen-bond acceptors (Lipinski definition) is 4. The summed E-state index contributed by atoms with van der Waals surface area (Å²) in [5.74, 6) is 2.04. The first-order chi connectivity index (χ1) is 14.6. The third kappa shape index (κ3) is 4.33. The van der Waals surface area contributed by atoms with Crippen LogP contribution in [0.25, 0.3) is 22.2 Å². The monoisotopic (exact) mass is 401 g/mol. The van der Waals surface area contributed by atoms with Crippen LogP contribution in [-0.4, -0.2) is 27.3 Å². The molecule has 2 heterocycles. The fourth-order valence-electron chi connectivity index (χ4n) is 3.42. The maximum Gasteiger partial charge on any atom is 0.258 e. The molecule has 0 aliphatic heterocycles. The van der Waals surface area contributed by atoms with E-state index in [2.05, 4.69) is 9.97 Å². The number of aryl methyl sites for hydroxylation is 1. The van der Waals surface area contributed by atoms with Gasteiger partial charge < -0.3 is 14.3 Å². The summed E-state index contributed by atoms with van der Waals surface area (Å²) in [5, 5.41) is 0.544. The van der Waals surface area contributed by atoms with Crippen LogP contribution >= 0.6 is 0 Å². The quantitative estimate of drug-likeness (QED) is 0.504. The molecule has 30 heavy (non-hydrogen) atoms. The van der Waals surface area contributed by atoms with Gasteiger partial charge in [0.25, 0.3) is 5.56 Å². The first-order valence-corrected chi connectivity index (χ1v) is 10.0. The first kappa shape index (κ1) is 19.6. The van der Waals surface area contributed by atoms with Gasteiger partial charge in [0.15, 0.2) is 0 Å². The van der Waals surface area contributed by atoms with Crippen molar-refractivity contribution in [2.24, 2.45) is 0 Å². The minimum atomic E-state index is -0.192. The number of carbonyl (C=O) groups is 1. The number of rotatable bonds is 7. The molecule has 0 spiro atoms. The summed E-state index contributed by atoms with van der Waals surface area (Å²) in [5.41, 5.74) is 1.45. The topological polar surface area (TPSA) is 79.2 Å². The van der Waals surface area contributed by atoms with E-state index in [1.807, 2.05) is 55.5 Å². The van der Waals surface area contributed by atoms with E-state index in [-0.39, 0.29) is 18.0 Å². The van der Waals surface area contributed by atoms with Crippen LogP contribution in [0.1, 0.15) is 24.9 Å². The van der Waals surface area contributed by atoms with Crippen molar-refractivity contribution in [3.05, 3.63) is 88.7 Å². The Morgan fingerprint density at radius 2 is 1.80 bits per heavy atom. The molecule has 0 fully saturated rings. The Hall–Kier alpha value is -3.67. The molecule has 6 heteroatoms. The lowest BCUT2D eigenvalue weighted by atomic mass is 10.2. The molecule has 0 saturated carbocycles. The maximum absolute atomic E-state index is 12.7. The average molecular weight is 401 g/mol. The Kier molecular flexibility index (Phi) is 5.75. The number of amides is 1. The lowest BCUT2D eigenvalue weighted by molar-refractivity contribution is -0.131. The third-order valence-electron chi connectivity index (χ3n) is 5.04. The number of H-pyrrole nitrogens is 1. The molecule has 6 nitrogen and oxygen atoms in total. The fourth-order valence-corrected chi connectivity index (χ4v) is 3.42. The van der Waals surface area contributed by atoms with Crippen molar-refractivity contribution in [2.45, 2.75) is 26.3 Å². The molecule has 0 aliphatic rings. The summed E-state index contributed by atoms with van der Waals surface area (Å²) >= 11 is 0. The molecule has 2 aromatic carbocycles. The first-order valence-electron chi connectivity index (χ1n) is 10.0. The van der Waals surface area contributed by atoms with Gasteiger partial charge in [0, 0.05) is 24.9 Å². The predicted molar refractivity (Wildman–Crippen MR) is 116 cm³/mol. The number of carbonyl (C=O) groups excluding carboxylic acids is 1. The predicted octanol–water partition coefficient (Wildman–Crippen LogP) is 4.16. The number of para-hydroxylation sites is 1. The number of nitrogens with zero attached hydrogens (tertiary/aromatic N) is 2. The highest BCUT2D eigenvalue weighted by atomic mass is 16.3. The summed E-state index contributed by atoms with van der Waals surface area (Å²) in [7, 11) is 0. The van der Waals surface area contributed by atoms with Gasteiger partial charge in [-0.1, -0.05) is 42.5 Å². The number of furan rings is 1. The zero-order valence-electron chi connectivity index (χ0n) is 16.8. The fraction of sp³-hybridized carbons (Fsp3) is 0.208. The molecule has 0 atom stereocenters. The van der Waals surface area contributed by atoms with Gasteiger partial charge in [-0.05, 0) is 31.2 Å². The molecule has 4 rings (SSSR count). The van der Waals surface area contributed by atoms with Crippen LogP contribution in [0.2, 0.25) is 0 Å². The smallest absolute Gasteiger partial charge is 0.258 e. The molecule has 1 amide bonds. The maximum atomic E-state index is 12.7. The van der Waals surface area contributed by atoms with Crippen LogP contribution in [0.3, 0.4) is 0 Å². The van der Waals surface area contributed by atoms with Crippen molar-refractivity contribution >= 4 is 16.8 Å². The zero-order chi connectivity index (χ0) is 20.9. The second kappa shape index (κ2) is 8.78. The molecular weight excluding hydrogens is 378 g/mol. The standard InChI is InChI=1S/C24H23N3O3/c1-2-27(16-22-25-20-11-7-6-10-19(20)24(29)26-22)23(28)15-13-18-12-14-21(30-18)17-8-4-3-5-9-17/h3-12,14H,2,13,15-16H2,1H3,(H,25,26,29). The largest absolute Gasteiger partial charge is 0.461 e. The van der Waals surface area contributed by atoms with Gasteiger partial charge in [0.2, 0.25) is 5.91 Å². The van der Waals surface area contributed by atoms with Crippen molar-refractivity contribution < 1.29 is 9.21 Å². The Bertz CT molecular complexity index is 1210. The van der Waals surface area contributed by atoms with E-state index < -0.39 is 0 Å². The van der Waals surface area contributed by atoms with E-state index in [0.717, 1.165) is 17.1 Å². The molecule has 2 aromatic heterocycles. The van der Waals surface area contributed by atoms with E-state index in [1.165, 1.54) is 0 Å². The van der Waals surface area contributed by atoms with Crippen LogP contribution in [0, 0.1) is 0 Å². The van der Waals surface area contributed by atoms with Crippen LogP contribution in [0.5, 0.6) is 0 Å². The highest BCUT2D eigenvalue weighted by Gasteiger charge is 2.15. The van der Waals surface area contributed by atoms with E-state index in [0.29, 0.717) is 36.1 Å². The minimum absolute atomic E-state index is 0.00836. The normalized spacial score (nSPS) is 11.0. The van der Waals surface area contributed by atoms with Gasteiger partial charge in [-0.3, -0.25) is 9.59 Å². The summed E-state index contributed by atoms with van der Waals surface area (Å²) in [6.45, 7) is 2.71. The highest BCUT2D eigenvalue weighted by molar-refractivity contribution is 5.78. The molecule has 0 aliphatic carbocycles. The average Bonchev–Trinajstić information content (AvgIpc) is 3.25. The molecule has 0 bridgehead atoms. The van der Waals surface area contributed by atoms with Crippen molar-refractivity contribution in [2.75, 3.05) is 6.54 Å². The Balaban J connectivity index is 1.41. The van der Waals surface area contributed by atoms with E-state index in [9.17, 15) is 9.59 Å². The van der Waals surface area contributed by atoms with Gasteiger partial charge in [-0.2, -0.15) is 0 Å². The van der Waals surface area contributed by atoms with Crippen LogP contribution in [-0.2, 0) is 17.8 Å². The Morgan fingerprint density at radius 1 is 1.03 bits per heavy atom. The molecule has 4 aromatic rings. The van der Waals surface area contributed by atoms with Crippen LogP contribution < -0.4 is 5.56 Å². The summed E-state index contributed by atoms with van der Waals surface area (Å²) in [6.07, 6.45) is 0.844. The number of nitrogens with one attached hydrogen (secondary N) is 1. The SMILES string of the molecule is CCN(Cc1nc2ccccc2c(=O)[nH]1)C(=O)CCc1ccc(-c2ccccc2)o1. The van der Waals surface area contributed by atoms with Gasteiger partial charge in [-0.15, -0.1) is 0 Å². The molecule has 1 N–H and O–H groups in total. The molecule has 152 valence electrons. The summed E-state index contributed by atoms with van der Waals surface area (Å²) in [6, 6.07) is 20.9. The Morgan fingerprint density at radius 3 is 2.60 bits per heavy atom. The van der Waals surface area contributed by atoms with E-state index in [4.69, 9.17) is 4.42 Å². The molecule has 0 radical (unpaired) electrons. The summed E-state index contributed by atoms with van der Waals surface area (Å²) in [4.78, 5) is 34.0. The number of benzene rings is 2. The molecular formula is C24H23N3O3. The van der Waals surface area contributed by atoms with E-state index >= 15 is 0 Å². The van der Waals surface area contributed by atoms with Gasteiger partial charge >= 0.3 is 0 Å². The van der Waals surface area contributed by atoms with Crippen molar-refractivity contribution in [1.29, 1.82) is 0 Å². The van der Waals surface area contributed by atoms with Gasteiger partial charge in [-0.25, -0.2) is 4.98 Å². The van der Waals surface area contributed by atoms with Crippen LogP contribution in [0.15, 0.2) is 75.9 Å². The second-order valence-electron chi connectivity index (χ2n) is 7.07. The molecule has 0 saturated heterocycles. The number of aromatic amines is 1. The highest BCUT2D eigenvalue weighted by Crippen LogP contribution is 2.22. The van der Waals surface area contributed by atoms with Gasteiger partial charge in [0.1, 0.15) is 17.3 Å². The number of aromatic nitrogens is 2. The Labute approximate surface area is 174 Å². The second-order valence-corrected chi connectivity index (χ2v) is 7.07. The zero-order valence-corrected chi connectivity index (χ0v) is 16.8. The third-order valence-corrected chi connectivity index (χ3v) is 5.04. The number of hydrogen-bond donors (Lipinski definition) is 1. The lowest BCUT2D eigenvalue weighted by Gasteiger charge is -2.20. The van der Waals surface area contributed by atoms with Crippen molar-refractivity contribution in [3.63, 3.8) is 0 Å². The van der Waals surface area contributed by atoms with Crippen molar-refractivity contribution in [1.82, 2.24) is 14.9 Å². The molecule has 0 unspecified atom stereocenters. The number of fused-ring (bicyclic) bond motifs is 1. The van der Waals surface area contributed by atoms with Gasteiger partial charge in [0.05, 0.1) is 17.4 Å². The van der Waals surface area contributed by atoms with Crippen molar-refractivity contribution in [3.8, 4) is 11.3 Å². The lowest BCUT2D eigenvalue weighted by Crippen LogP contribution is -2.32. The summed E-state index contributed by atoms with van der Waals surface area (Å²) < 4.78 is 5.89. The van der Waals surface area contributed by atoms with Crippen LogP contribution in [0.4, 0.5) is 0 Å².